The van der Waals surface area contributed by atoms with Crippen LogP contribution in [0.2, 0.25) is 0 Å². The predicted molar refractivity (Wildman–Crippen MR) is 115 cm³/mol. The van der Waals surface area contributed by atoms with E-state index < -0.39 is 10.0 Å². The maximum absolute atomic E-state index is 13.1. The van der Waals surface area contributed by atoms with Crippen molar-refractivity contribution in [2.45, 2.75) is 24.8 Å². The van der Waals surface area contributed by atoms with Gasteiger partial charge in [-0.3, -0.25) is 4.90 Å². The summed E-state index contributed by atoms with van der Waals surface area (Å²) < 4.78 is 41.1. The SMILES string of the molecule is O=S(=O)(Cc1ccc(F)cc1)NCC(c1ccsc1)N1CCc2ccccc2C1. The molecular weight excluding hydrogens is 407 g/mol. The van der Waals surface area contributed by atoms with Crippen molar-refractivity contribution in [1.82, 2.24) is 9.62 Å². The average Bonchev–Trinajstić information content (AvgIpc) is 3.24. The van der Waals surface area contributed by atoms with E-state index in [0.29, 0.717) is 12.1 Å². The number of thiophene rings is 1. The van der Waals surface area contributed by atoms with E-state index in [-0.39, 0.29) is 17.6 Å². The van der Waals surface area contributed by atoms with Gasteiger partial charge in [-0.1, -0.05) is 36.4 Å². The lowest BCUT2D eigenvalue weighted by atomic mass is 9.97. The monoisotopic (exact) mass is 430 g/mol. The molecule has 1 atom stereocenters. The summed E-state index contributed by atoms with van der Waals surface area (Å²) in [5.41, 5.74) is 4.36. The third kappa shape index (κ3) is 5.11. The summed E-state index contributed by atoms with van der Waals surface area (Å²) >= 11 is 1.62. The molecule has 1 aliphatic heterocycles. The Morgan fingerprint density at radius 2 is 1.83 bits per heavy atom. The maximum atomic E-state index is 13.1. The molecule has 0 amide bonds. The maximum Gasteiger partial charge on any atom is 0.215 e. The molecule has 4 rings (SSSR count). The third-order valence-electron chi connectivity index (χ3n) is 5.30. The lowest BCUT2D eigenvalue weighted by Crippen LogP contribution is -2.40. The first kappa shape index (κ1) is 20.2. The Bertz CT molecular complexity index is 1050. The van der Waals surface area contributed by atoms with Crippen LogP contribution in [-0.2, 0) is 28.7 Å². The van der Waals surface area contributed by atoms with Gasteiger partial charge in [0.15, 0.2) is 0 Å². The van der Waals surface area contributed by atoms with Crippen LogP contribution in [0.25, 0.3) is 0 Å². The number of nitrogens with zero attached hydrogens (tertiary/aromatic N) is 1. The molecular formula is C22H23FN2O2S2. The zero-order valence-electron chi connectivity index (χ0n) is 15.9. The molecule has 2 heterocycles. The highest BCUT2D eigenvalue weighted by atomic mass is 32.2. The first-order chi connectivity index (χ1) is 14.0. The third-order valence-corrected chi connectivity index (χ3v) is 7.32. The van der Waals surface area contributed by atoms with E-state index >= 15 is 0 Å². The molecule has 0 radical (unpaired) electrons. The second kappa shape index (κ2) is 8.75. The number of hydrogen-bond donors (Lipinski definition) is 1. The summed E-state index contributed by atoms with van der Waals surface area (Å²) in [6.07, 6.45) is 0.957. The average molecular weight is 431 g/mol. The zero-order chi connectivity index (χ0) is 20.3. The lowest BCUT2D eigenvalue weighted by molar-refractivity contribution is 0.180. The predicted octanol–water partition coefficient (Wildman–Crippen LogP) is 4.11. The Morgan fingerprint density at radius 3 is 2.55 bits per heavy atom. The van der Waals surface area contributed by atoms with Gasteiger partial charge >= 0.3 is 0 Å². The second-order valence-electron chi connectivity index (χ2n) is 7.30. The van der Waals surface area contributed by atoms with Gasteiger partial charge in [0.1, 0.15) is 5.82 Å². The van der Waals surface area contributed by atoms with Gasteiger partial charge in [0, 0.05) is 25.7 Å². The van der Waals surface area contributed by atoms with Crippen LogP contribution in [0.5, 0.6) is 0 Å². The van der Waals surface area contributed by atoms with E-state index in [1.165, 1.54) is 35.4 Å². The van der Waals surface area contributed by atoms with Crippen LogP contribution in [0.15, 0.2) is 65.4 Å². The van der Waals surface area contributed by atoms with Gasteiger partial charge in [0.05, 0.1) is 5.75 Å². The summed E-state index contributed by atoms with van der Waals surface area (Å²) in [7, 11) is -3.53. The normalized spacial score (nSPS) is 15.8. The molecule has 1 aromatic heterocycles. The topological polar surface area (TPSA) is 49.4 Å². The summed E-state index contributed by atoms with van der Waals surface area (Å²) in [6.45, 7) is 2.00. The highest BCUT2D eigenvalue weighted by Crippen LogP contribution is 2.29. The quantitative estimate of drug-likeness (QED) is 0.614. The van der Waals surface area contributed by atoms with E-state index in [2.05, 4.69) is 39.3 Å². The summed E-state index contributed by atoms with van der Waals surface area (Å²) in [5.74, 6) is -0.533. The number of fused-ring (bicyclic) bond motifs is 1. The van der Waals surface area contributed by atoms with Crippen molar-refractivity contribution in [2.75, 3.05) is 13.1 Å². The first-order valence-electron chi connectivity index (χ1n) is 9.55. The Labute approximate surface area is 175 Å². The highest BCUT2D eigenvalue weighted by molar-refractivity contribution is 7.88. The van der Waals surface area contributed by atoms with Crippen LogP contribution in [-0.4, -0.2) is 26.4 Å². The van der Waals surface area contributed by atoms with Crippen LogP contribution < -0.4 is 4.72 Å². The van der Waals surface area contributed by atoms with Crippen LogP contribution in [0.1, 0.15) is 28.3 Å². The Kier molecular flexibility index (Phi) is 6.10. The van der Waals surface area contributed by atoms with Gasteiger partial charge in [-0.05, 0) is 57.6 Å². The first-order valence-corrected chi connectivity index (χ1v) is 12.1. The van der Waals surface area contributed by atoms with Crippen molar-refractivity contribution < 1.29 is 12.8 Å². The van der Waals surface area contributed by atoms with Gasteiger partial charge in [-0.25, -0.2) is 17.5 Å². The van der Waals surface area contributed by atoms with E-state index in [9.17, 15) is 12.8 Å². The summed E-state index contributed by atoms with van der Waals surface area (Å²) in [5, 5.41) is 4.10. The second-order valence-corrected chi connectivity index (χ2v) is 9.88. The molecule has 0 bridgehead atoms. The Balaban J connectivity index is 1.48. The smallest absolute Gasteiger partial charge is 0.215 e. The van der Waals surface area contributed by atoms with E-state index in [1.54, 1.807) is 11.3 Å². The largest absolute Gasteiger partial charge is 0.290 e. The highest BCUT2D eigenvalue weighted by Gasteiger charge is 2.26. The molecule has 0 saturated heterocycles. The number of nitrogens with one attached hydrogen (secondary N) is 1. The molecule has 2 aromatic carbocycles. The standard InChI is InChI=1S/C22H23FN2O2S2/c23-21-7-5-17(6-8-21)16-29(26,27)24-13-22(20-10-12-28-15-20)25-11-9-18-3-1-2-4-19(18)14-25/h1-8,10,12,15,22,24H,9,11,13-14,16H2. The minimum absolute atomic E-state index is 0.0300. The van der Waals surface area contributed by atoms with Crippen molar-refractivity contribution in [3.05, 3.63) is 93.4 Å². The fraction of sp³-hybridized carbons (Fsp3) is 0.273. The fourth-order valence-corrected chi connectivity index (χ4v) is 5.62. The van der Waals surface area contributed by atoms with Crippen LogP contribution >= 0.6 is 11.3 Å². The van der Waals surface area contributed by atoms with Crippen LogP contribution in [0.4, 0.5) is 4.39 Å². The van der Waals surface area contributed by atoms with E-state index in [4.69, 9.17) is 0 Å². The van der Waals surface area contributed by atoms with Gasteiger partial charge in [-0.2, -0.15) is 11.3 Å². The van der Waals surface area contributed by atoms with Gasteiger partial charge in [-0.15, -0.1) is 0 Å². The van der Waals surface area contributed by atoms with Crippen molar-refractivity contribution in [3.8, 4) is 0 Å². The van der Waals surface area contributed by atoms with Crippen molar-refractivity contribution in [1.29, 1.82) is 0 Å². The molecule has 29 heavy (non-hydrogen) atoms. The molecule has 4 nitrogen and oxygen atoms in total. The molecule has 0 saturated carbocycles. The van der Waals surface area contributed by atoms with E-state index in [1.807, 2.05) is 11.4 Å². The number of hydrogen-bond acceptors (Lipinski definition) is 4. The van der Waals surface area contributed by atoms with Crippen molar-refractivity contribution >= 4 is 21.4 Å². The lowest BCUT2D eigenvalue weighted by Gasteiger charge is -2.35. The Hall–Kier alpha value is -2.06. The molecule has 3 aromatic rings. The van der Waals surface area contributed by atoms with Crippen molar-refractivity contribution in [3.63, 3.8) is 0 Å². The van der Waals surface area contributed by atoms with Gasteiger partial charge < -0.3 is 0 Å². The zero-order valence-corrected chi connectivity index (χ0v) is 17.6. The molecule has 1 aliphatic rings. The van der Waals surface area contributed by atoms with E-state index in [0.717, 1.165) is 25.1 Å². The molecule has 7 heteroatoms. The molecule has 0 aliphatic carbocycles. The molecule has 152 valence electrons. The van der Waals surface area contributed by atoms with Crippen LogP contribution in [0, 0.1) is 5.82 Å². The van der Waals surface area contributed by atoms with Crippen LogP contribution in [0.3, 0.4) is 0 Å². The molecule has 1 unspecified atom stereocenters. The summed E-state index contributed by atoms with van der Waals surface area (Å²) in [6, 6.07) is 16.0. The number of sulfonamides is 1. The minimum Gasteiger partial charge on any atom is -0.290 e. The van der Waals surface area contributed by atoms with Gasteiger partial charge in [0.25, 0.3) is 0 Å². The molecule has 1 N–H and O–H groups in total. The Morgan fingerprint density at radius 1 is 1.07 bits per heavy atom. The minimum atomic E-state index is -3.53. The molecule has 0 fully saturated rings. The van der Waals surface area contributed by atoms with Gasteiger partial charge in [0.2, 0.25) is 10.0 Å². The number of rotatable bonds is 7. The molecule has 0 spiro atoms. The summed E-state index contributed by atoms with van der Waals surface area (Å²) in [4.78, 5) is 2.34. The fourth-order valence-electron chi connectivity index (χ4n) is 3.76. The number of benzene rings is 2. The number of halogens is 1. The van der Waals surface area contributed by atoms with Crippen molar-refractivity contribution in [2.24, 2.45) is 0 Å².